The first-order valence-electron chi connectivity index (χ1n) is 6.54. The molecule has 1 N–H and O–H groups in total. The van der Waals surface area contributed by atoms with Gasteiger partial charge in [0.05, 0.1) is 5.56 Å². The molecule has 0 saturated carbocycles. The van der Waals surface area contributed by atoms with Crippen LogP contribution in [0.5, 0.6) is 11.6 Å². The molecule has 0 aliphatic heterocycles. The molecule has 1 aromatic carbocycles. The third-order valence-electron chi connectivity index (χ3n) is 3.04. The van der Waals surface area contributed by atoms with Crippen LogP contribution in [0.15, 0.2) is 18.2 Å². The van der Waals surface area contributed by atoms with Crippen molar-refractivity contribution in [3.8, 4) is 11.6 Å². The Morgan fingerprint density at radius 1 is 1.25 bits per heavy atom. The van der Waals surface area contributed by atoms with Crippen LogP contribution < -0.4 is 10.1 Å². The number of ether oxygens (including phenoxy) is 1. The molecular weight excluding hydrogens is 274 g/mol. The molecule has 20 heavy (non-hydrogen) atoms. The summed E-state index contributed by atoms with van der Waals surface area (Å²) >= 11 is 5.96. The standard InChI is InChI=1S/C15H18ClN3O/c1-5-13-18-14(17-4)10(3)15(19-13)20-12-7-6-11(16)8-9(12)2/h6-8H,5H2,1-4H3,(H,17,18,19). The van der Waals surface area contributed by atoms with Gasteiger partial charge in [0.25, 0.3) is 0 Å². The number of nitrogens with zero attached hydrogens (tertiary/aromatic N) is 2. The lowest BCUT2D eigenvalue weighted by Crippen LogP contribution is -2.05. The van der Waals surface area contributed by atoms with Crippen molar-refractivity contribution in [2.24, 2.45) is 0 Å². The average molecular weight is 292 g/mol. The SMILES string of the molecule is CCc1nc(NC)c(C)c(Oc2ccc(Cl)cc2C)n1. The van der Waals surface area contributed by atoms with Crippen molar-refractivity contribution in [3.63, 3.8) is 0 Å². The summed E-state index contributed by atoms with van der Waals surface area (Å²) < 4.78 is 5.93. The Labute approximate surface area is 124 Å². The van der Waals surface area contributed by atoms with Gasteiger partial charge in [-0.3, -0.25) is 0 Å². The first-order chi connectivity index (χ1) is 9.55. The fourth-order valence-corrected chi connectivity index (χ4v) is 2.10. The maximum absolute atomic E-state index is 5.96. The van der Waals surface area contributed by atoms with Gasteiger partial charge in [0, 0.05) is 18.5 Å². The van der Waals surface area contributed by atoms with Crippen molar-refractivity contribution in [3.05, 3.63) is 40.2 Å². The second-order valence-electron chi connectivity index (χ2n) is 4.53. The van der Waals surface area contributed by atoms with Crippen molar-refractivity contribution >= 4 is 17.4 Å². The lowest BCUT2D eigenvalue weighted by Gasteiger charge is -2.13. The number of aromatic nitrogens is 2. The van der Waals surface area contributed by atoms with E-state index in [1.807, 2.05) is 40.0 Å². The van der Waals surface area contributed by atoms with Crippen LogP contribution in [0.3, 0.4) is 0 Å². The van der Waals surface area contributed by atoms with Gasteiger partial charge in [-0.2, -0.15) is 4.98 Å². The second kappa shape index (κ2) is 6.09. The Morgan fingerprint density at radius 3 is 2.60 bits per heavy atom. The van der Waals surface area contributed by atoms with Gasteiger partial charge in [-0.25, -0.2) is 4.98 Å². The number of hydrogen-bond donors (Lipinski definition) is 1. The van der Waals surface area contributed by atoms with E-state index in [1.165, 1.54) is 0 Å². The molecule has 0 fully saturated rings. The number of rotatable bonds is 4. The minimum absolute atomic E-state index is 0.576. The van der Waals surface area contributed by atoms with E-state index in [2.05, 4.69) is 15.3 Å². The van der Waals surface area contributed by atoms with Crippen LogP contribution in [0, 0.1) is 13.8 Å². The highest BCUT2D eigenvalue weighted by Gasteiger charge is 2.12. The van der Waals surface area contributed by atoms with Crippen LogP contribution in [0.2, 0.25) is 5.02 Å². The summed E-state index contributed by atoms with van der Waals surface area (Å²) in [6.45, 7) is 5.91. The molecule has 1 aromatic heterocycles. The molecule has 0 radical (unpaired) electrons. The molecule has 106 valence electrons. The third kappa shape index (κ3) is 3.02. The monoisotopic (exact) mass is 291 g/mol. The molecule has 0 aliphatic rings. The van der Waals surface area contributed by atoms with Crippen LogP contribution in [0.1, 0.15) is 23.9 Å². The van der Waals surface area contributed by atoms with E-state index in [1.54, 1.807) is 6.07 Å². The predicted molar refractivity (Wildman–Crippen MR) is 82.0 cm³/mol. The van der Waals surface area contributed by atoms with Gasteiger partial charge >= 0.3 is 0 Å². The summed E-state index contributed by atoms with van der Waals surface area (Å²) in [4.78, 5) is 8.88. The Morgan fingerprint density at radius 2 is 2.00 bits per heavy atom. The average Bonchev–Trinajstić information content (AvgIpc) is 2.43. The normalized spacial score (nSPS) is 10.4. The number of anilines is 1. The summed E-state index contributed by atoms with van der Waals surface area (Å²) in [5.74, 6) is 2.87. The smallest absolute Gasteiger partial charge is 0.227 e. The third-order valence-corrected chi connectivity index (χ3v) is 3.28. The maximum atomic E-state index is 5.96. The molecule has 0 aliphatic carbocycles. The van der Waals surface area contributed by atoms with E-state index in [9.17, 15) is 0 Å². The highest BCUT2D eigenvalue weighted by Crippen LogP contribution is 2.30. The maximum Gasteiger partial charge on any atom is 0.227 e. The van der Waals surface area contributed by atoms with Gasteiger partial charge in [-0.1, -0.05) is 18.5 Å². The van der Waals surface area contributed by atoms with Crippen molar-refractivity contribution in [2.45, 2.75) is 27.2 Å². The topological polar surface area (TPSA) is 47.0 Å². The van der Waals surface area contributed by atoms with E-state index >= 15 is 0 Å². The zero-order valence-corrected chi connectivity index (χ0v) is 12.9. The lowest BCUT2D eigenvalue weighted by atomic mass is 10.2. The van der Waals surface area contributed by atoms with Crippen LogP contribution in [0.25, 0.3) is 0 Å². The van der Waals surface area contributed by atoms with Gasteiger partial charge in [0.1, 0.15) is 17.4 Å². The highest BCUT2D eigenvalue weighted by molar-refractivity contribution is 6.30. The number of benzene rings is 1. The number of halogens is 1. The van der Waals surface area contributed by atoms with E-state index in [4.69, 9.17) is 16.3 Å². The van der Waals surface area contributed by atoms with Gasteiger partial charge in [0.2, 0.25) is 5.88 Å². The molecule has 4 nitrogen and oxygen atoms in total. The molecule has 1 heterocycles. The van der Waals surface area contributed by atoms with Crippen molar-refractivity contribution in [2.75, 3.05) is 12.4 Å². The minimum atomic E-state index is 0.576. The fourth-order valence-electron chi connectivity index (χ4n) is 1.87. The van der Waals surface area contributed by atoms with Crippen molar-refractivity contribution in [1.29, 1.82) is 0 Å². The summed E-state index contributed by atoms with van der Waals surface area (Å²) in [6.07, 6.45) is 0.755. The summed E-state index contributed by atoms with van der Waals surface area (Å²) in [6, 6.07) is 5.52. The molecule has 0 saturated heterocycles. The van der Waals surface area contributed by atoms with Crippen LogP contribution in [-0.2, 0) is 6.42 Å². The fraction of sp³-hybridized carbons (Fsp3) is 0.333. The summed E-state index contributed by atoms with van der Waals surface area (Å²) in [7, 11) is 1.84. The molecule has 2 aromatic rings. The summed E-state index contributed by atoms with van der Waals surface area (Å²) in [5, 5.41) is 3.76. The molecule has 0 spiro atoms. The van der Waals surface area contributed by atoms with Gasteiger partial charge in [-0.15, -0.1) is 0 Å². The van der Waals surface area contributed by atoms with Gasteiger partial charge in [-0.05, 0) is 37.6 Å². The van der Waals surface area contributed by atoms with Crippen molar-refractivity contribution in [1.82, 2.24) is 9.97 Å². The molecule has 2 rings (SSSR count). The minimum Gasteiger partial charge on any atom is -0.438 e. The van der Waals surface area contributed by atoms with Crippen LogP contribution in [0.4, 0.5) is 5.82 Å². The van der Waals surface area contributed by atoms with Crippen LogP contribution >= 0.6 is 11.6 Å². The Hall–Kier alpha value is -1.81. The van der Waals surface area contributed by atoms with Crippen molar-refractivity contribution < 1.29 is 4.74 Å². The molecule has 0 unspecified atom stereocenters. The Balaban J connectivity index is 2.42. The number of nitrogens with one attached hydrogen (secondary N) is 1. The van der Waals surface area contributed by atoms with E-state index < -0.39 is 0 Å². The zero-order valence-electron chi connectivity index (χ0n) is 12.1. The number of hydrogen-bond acceptors (Lipinski definition) is 4. The van der Waals surface area contributed by atoms with E-state index in [0.29, 0.717) is 10.9 Å². The quantitative estimate of drug-likeness (QED) is 0.919. The van der Waals surface area contributed by atoms with E-state index in [0.717, 1.165) is 34.9 Å². The number of aryl methyl sites for hydroxylation is 2. The molecule has 5 heteroatoms. The molecular formula is C15H18ClN3O. The molecule has 0 amide bonds. The summed E-state index contributed by atoms with van der Waals surface area (Å²) in [5.41, 5.74) is 1.86. The first-order valence-corrected chi connectivity index (χ1v) is 6.92. The molecule has 0 bridgehead atoms. The largest absolute Gasteiger partial charge is 0.438 e. The highest BCUT2D eigenvalue weighted by atomic mass is 35.5. The zero-order chi connectivity index (χ0) is 14.7. The first kappa shape index (κ1) is 14.6. The predicted octanol–water partition coefficient (Wildman–Crippen LogP) is 4.14. The van der Waals surface area contributed by atoms with Crippen LogP contribution in [-0.4, -0.2) is 17.0 Å². The molecule has 0 atom stereocenters. The second-order valence-corrected chi connectivity index (χ2v) is 4.97. The lowest BCUT2D eigenvalue weighted by molar-refractivity contribution is 0.452. The van der Waals surface area contributed by atoms with E-state index in [-0.39, 0.29) is 0 Å². The van der Waals surface area contributed by atoms with Gasteiger partial charge < -0.3 is 10.1 Å². The van der Waals surface area contributed by atoms with Gasteiger partial charge in [0.15, 0.2) is 0 Å². The Bertz CT molecular complexity index is 629. The Kier molecular flexibility index (Phi) is 4.45.